The van der Waals surface area contributed by atoms with E-state index in [2.05, 4.69) is 11.8 Å². The number of carbonyl (C=O) groups is 1. The molecule has 0 bridgehead atoms. The maximum Gasteiger partial charge on any atom is 0.226 e. The van der Waals surface area contributed by atoms with Crippen LogP contribution in [0.3, 0.4) is 0 Å². The second-order valence-corrected chi connectivity index (χ2v) is 5.27. The molecule has 0 aromatic rings. The van der Waals surface area contributed by atoms with Gasteiger partial charge in [-0.2, -0.15) is 0 Å². The number of likely N-dealkylation sites (tertiary alicyclic amines) is 1. The molecule has 3 nitrogen and oxygen atoms in total. The molecule has 0 aromatic heterocycles. The van der Waals surface area contributed by atoms with E-state index in [1.54, 1.807) is 0 Å². The van der Waals surface area contributed by atoms with Gasteiger partial charge in [0, 0.05) is 18.5 Å². The van der Waals surface area contributed by atoms with Gasteiger partial charge in [-0.3, -0.25) is 4.79 Å². The molecule has 0 spiro atoms. The van der Waals surface area contributed by atoms with E-state index in [1.807, 2.05) is 0 Å². The molecule has 17 heavy (non-hydrogen) atoms. The van der Waals surface area contributed by atoms with Crippen LogP contribution in [-0.4, -0.2) is 29.9 Å². The lowest BCUT2D eigenvalue weighted by atomic mass is 9.94. The Labute approximate surface area is 111 Å². The Bertz CT molecular complexity index is 236. The molecule has 100 valence electrons. The average Bonchev–Trinajstić information content (AvgIpc) is 2.96. The third kappa shape index (κ3) is 2.94. The van der Waals surface area contributed by atoms with Crippen molar-refractivity contribution < 1.29 is 4.79 Å². The SMILES string of the molecule is CCC1CCCN1C(=O)[C@@H]1CCC[C@@H]1CN.Cl. The van der Waals surface area contributed by atoms with Crippen molar-refractivity contribution >= 4 is 18.3 Å². The highest BCUT2D eigenvalue weighted by molar-refractivity contribution is 5.85. The maximum absolute atomic E-state index is 12.5. The lowest BCUT2D eigenvalue weighted by molar-refractivity contribution is -0.137. The number of amides is 1. The Kier molecular flexibility index (Phi) is 5.74. The van der Waals surface area contributed by atoms with Gasteiger partial charge in [0.05, 0.1) is 0 Å². The molecular formula is C13H25ClN2O. The van der Waals surface area contributed by atoms with Gasteiger partial charge in [0.25, 0.3) is 0 Å². The smallest absolute Gasteiger partial charge is 0.226 e. The first kappa shape index (κ1) is 14.8. The normalized spacial score (nSPS) is 32.6. The molecule has 3 atom stereocenters. The van der Waals surface area contributed by atoms with Crippen molar-refractivity contribution in [3.8, 4) is 0 Å². The summed E-state index contributed by atoms with van der Waals surface area (Å²) >= 11 is 0. The van der Waals surface area contributed by atoms with Crippen molar-refractivity contribution in [2.75, 3.05) is 13.1 Å². The van der Waals surface area contributed by atoms with Gasteiger partial charge in [0.1, 0.15) is 0 Å². The summed E-state index contributed by atoms with van der Waals surface area (Å²) in [6.07, 6.45) is 6.88. The van der Waals surface area contributed by atoms with Crippen molar-refractivity contribution in [1.29, 1.82) is 0 Å². The Morgan fingerprint density at radius 2 is 2.06 bits per heavy atom. The minimum absolute atomic E-state index is 0. The summed E-state index contributed by atoms with van der Waals surface area (Å²) in [5.74, 6) is 1.08. The molecule has 2 rings (SSSR count). The van der Waals surface area contributed by atoms with Crippen molar-refractivity contribution in [3.63, 3.8) is 0 Å². The van der Waals surface area contributed by atoms with Gasteiger partial charge in [-0.1, -0.05) is 13.3 Å². The molecule has 0 aromatic carbocycles. The number of rotatable bonds is 3. The molecule has 1 unspecified atom stereocenters. The summed E-state index contributed by atoms with van der Waals surface area (Å²) in [5.41, 5.74) is 5.76. The quantitative estimate of drug-likeness (QED) is 0.846. The zero-order valence-electron chi connectivity index (χ0n) is 10.7. The summed E-state index contributed by atoms with van der Waals surface area (Å²) in [4.78, 5) is 14.6. The van der Waals surface area contributed by atoms with Crippen molar-refractivity contribution in [2.45, 2.75) is 51.5 Å². The fourth-order valence-electron chi connectivity index (χ4n) is 3.41. The summed E-state index contributed by atoms with van der Waals surface area (Å²) in [5, 5.41) is 0. The Hall–Kier alpha value is -0.280. The van der Waals surface area contributed by atoms with Gasteiger partial charge in [0.2, 0.25) is 5.91 Å². The topological polar surface area (TPSA) is 46.3 Å². The molecule has 4 heteroatoms. The molecule has 1 heterocycles. The summed E-state index contributed by atoms with van der Waals surface area (Å²) in [7, 11) is 0. The summed E-state index contributed by atoms with van der Waals surface area (Å²) in [6.45, 7) is 3.84. The minimum atomic E-state index is 0. The van der Waals surface area contributed by atoms with Crippen LogP contribution in [0.4, 0.5) is 0 Å². The van der Waals surface area contributed by atoms with Crippen LogP contribution in [-0.2, 0) is 4.79 Å². The van der Waals surface area contributed by atoms with Gasteiger partial charge in [-0.05, 0) is 44.6 Å². The van der Waals surface area contributed by atoms with E-state index >= 15 is 0 Å². The number of nitrogens with zero attached hydrogens (tertiary/aromatic N) is 1. The molecule has 2 aliphatic rings. The fraction of sp³-hybridized carbons (Fsp3) is 0.923. The fourth-order valence-corrected chi connectivity index (χ4v) is 3.41. The maximum atomic E-state index is 12.5. The average molecular weight is 261 g/mol. The number of carbonyl (C=O) groups excluding carboxylic acids is 1. The van der Waals surface area contributed by atoms with E-state index < -0.39 is 0 Å². The van der Waals surface area contributed by atoms with E-state index in [9.17, 15) is 4.79 Å². The van der Waals surface area contributed by atoms with E-state index in [0.717, 1.165) is 25.8 Å². The van der Waals surface area contributed by atoms with Gasteiger partial charge in [-0.25, -0.2) is 0 Å². The predicted octanol–water partition coefficient (Wildman–Crippen LogP) is 2.18. The molecular weight excluding hydrogens is 236 g/mol. The van der Waals surface area contributed by atoms with Crippen LogP contribution in [0.2, 0.25) is 0 Å². The van der Waals surface area contributed by atoms with Crippen LogP contribution >= 0.6 is 12.4 Å². The molecule has 1 aliphatic heterocycles. The zero-order chi connectivity index (χ0) is 11.5. The lowest BCUT2D eigenvalue weighted by Gasteiger charge is -2.28. The Morgan fingerprint density at radius 3 is 2.71 bits per heavy atom. The van der Waals surface area contributed by atoms with Gasteiger partial charge < -0.3 is 10.6 Å². The summed E-state index contributed by atoms with van der Waals surface area (Å²) < 4.78 is 0. The van der Waals surface area contributed by atoms with Crippen LogP contribution in [0.1, 0.15) is 45.4 Å². The van der Waals surface area contributed by atoms with Crippen LogP contribution in [0.15, 0.2) is 0 Å². The van der Waals surface area contributed by atoms with E-state index in [1.165, 1.54) is 19.3 Å². The molecule has 1 aliphatic carbocycles. The van der Waals surface area contributed by atoms with Gasteiger partial charge >= 0.3 is 0 Å². The van der Waals surface area contributed by atoms with Crippen molar-refractivity contribution in [2.24, 2.45) is 17.6 Å². The number of nitrogens with two attached hydrogens (primary N) is 1. The number of hydrogen-bond acceptors (Lipinski definition) is 2. The van der Waals surface area contributed by atoms with Crippen LogP contribution < -0.4 is 5.73 Å². The number of hydrogen-bond donors (Lipinski definition) is 1. The van der Waals surface area contributed by atoms with Gasteiger partial charge in [0.15, 0.2) is 0 Å². The zero-order valence-corrected chi connectivity index (χ0v) is 11.5. The summed E-state index contributed by atoms with van der Waals surface area (Å²) in [6, 6.07) is 0.506. The highest BCUT2D eigenvalue weighted by Crippen LogP contribution is 2.34. The molecule has 2 fully saturated rings. The van der Waals surface area contributed by atoms with E-state index in [-0.39, 0.29) is 18.3 Å². The molecule has 1 saturated carbocycles. The third-order valence-electron chi connectivity index (χ3n) is 4.41. The van der Waals surface area contributed by atoms with E-state index in [4.69, 9.17) is 5.73 Å². The van der Waals surface area contributed by atoms with Crippen molar-refractivity contribution in [3.05, 3.63) is 0 Å². The highest BCUT2D eigenvalue weighted by atomic mass is 35.5. The minimum Gasteiger partial charge on any atom is -0.339 e. The first-order chi connectivity index (χ1) is 7.77. The first-order valence-corrected chi connectivity index (χ1v) is 6.78. The molecule has 1 amide bonds. The standard InChI is InChI=1S/C13H24N2O.ClH/c1-2-11-6-4-8-15(11)13(16)12-7-3-5-10(12)9-14;/h10-12H,2-9,14H2,1H3;1H/t10-,11?,12-;/m1./s1. The Morgan fingerprint density at radius 1 is 1.29 bits per heavy atom. The van der Waals surface area contributed by atoms with Crippen LogP contribution in [0.25, 0.3) is 0 Å². The van der Waals surface area contributed by atoms with Crippen LogP contribution in [0.5, 0.6) is 0 Å². The molecule has 0 radical (unpaired) electrons. The van der Waals surface area contributed by atoms with E-state index in [0.29, 0.717) is 24.4 Å². The lowest BCUT2D eigenvalue weighted by Crippen LogP contribution is -2.41. The van der Waals surface area contributed by atoms with Crippen LogP contribution in [0, 0.1) is 11.8 Å². The van der Waals surface area contributed by atoms with Crippen molar-refractivity contribution in [1.82, 2.24) is 4.90 Å². The first-order valence-electron chi connectivity index (χ1n) is 6.78. The second-order valence-electron chi connectivity index (χ2n) is 5.27. The second kappa shape index (κ2) is 6.60. The number of halogens is 1. The third-order valence-corrected chi connectivity index (χ3v) is 4.41. The highest BCUT2D eigenvalue weighted by Gasteiger charge is 2.37. The molecule has 2 N–H and O–H groups in total. The monoisotopic (exact) mass is 260 g/mol. The van der Waals surface area contributed by atoms with Gasteiger partial charge in [-0.15, -0.1) is 12.4 Å². The Balaban J connectivity index is 0.00000144. The largest absolute Gasteiger partial charge is 0.339 e. The molecule has 1 saturated heterocycles. The predicted molar refractivity (Wildman–Crippen MR) is 72.2 cm³/mol.